The van der Waals surface area contributed by atoms with Gasteiger partial charge in [-0.1, -0.05) is 53.0 Å². The molecule has 0 saturated heterocycles. The molecule has 0 spiro atoms. The van der Waals surface area contributed by atoms with Crippen molar-refractivity contribution >= 4 is 27.9 Å². The van der Waals surface area contributed by atoms with Crippen LogP contribution in [-0.2, 0) is 13.1 Å². The van der Waals surface area contributed by atoms with Crippen LogP contribution < -0.4 is 4.57 Å². The molecule has 0 saturated carbocycles. The van der Waals surface area contributed by atoms with Gasteiger partial charge in [-0.25, -0.2) is 14.1 Å². The van der Waals surface area contributed by atoms with Crippen molar-refractivity contribution in [3.8, 4) is 0 Å². The van der Waals surface area contributed by atoms with E-state index in [9.17, 15) is 0 Å². The highest BCUT2D eigenvalue weighted by atomic mass is 15.2. The fourth-order valence-corrected chi connectivity index (χ4v) is 4.05. The molecule has 4 heteroatoms. The monoisotopic (exact) mass is 341 g/mol. The maximum atomic E-state index is 4.97. The Balaban J connectivity index is 1.89. The smallest absolute Gasteiger partial charge is 0.237 e. The molecule has 2 aromatic heterocycles. The summed E-state index contributed by atoms with van der Waals surface area (Å²) in [5.74, 6) is 1.23. The average molecular weight is 341 g/mol. The van der Waals surface area contributed by atoms with E-state index >= 15 is 0 Å². The lowest BCUT2D eigenvalue weighted by Gasteiger charge is -2.18. The van der Waals surface area contributed by atoms with Crippen molar-refractivity contribution in [1.29, 1.82) is 0 Å². The number of rotatable bonds is 2. The number of imidazole rings is 1. The number of fused-ring (bicyclic) bond motifs is 4. The minimum Gasteiger partial charge on any atom is -0.237 e. The summed E-state index contributed by atoms with van der Waals surface area (Å²) in [6, 6.07) is 18.8. The summed E-state index contributed by atoms with van der Waals surface area (Å²) in [5.41, 5.74) is 7.88. The van der Waals surface area contributed by atoms with E-state index in [-0.39, 0.29) is 0 Å². The van der Waals surface area contributed by atoms with Crippen molar-refractivity contribution in [2.45, 2.75) is 33.4 Å². The predicted molar refractivity (Wildman–Crippen MR) is 104 cm³/mol. The van der Waals surface area contributed by atoms with Gasteiger partial charge in [-0.05, 0) is 31.5 Å². The largest absolute Gasteiger partial charge is 0.323 e. The third kappa shape index (κ3) is 2.11. The topological polar surface area (TPSA) is 34.6 Å². The van der Waals surface area contributed by atoms with Crippen LogP contribution in [0.5, 0.6) is 0 Å². The Hall–Kier alpha value is -3.01. The van der Waals surface area contributed by atoms with Gasteiger partial charge in [0.05, 0.1) is 18.7 Å². The molecule has 4 aromatic rings. The van der Waals surface area contributed by atoms with E-state index < -0.39 is 0 Å². The van der Waals surface area contributed by atoms with Crippen molar-refractivity contribution < 1.29 is 4.57 Å². The Bertz CT molecular complexity index is 1130. The van der Waals surface area contributed by atoms with E-state index in [2.05, 4.69) is 53.3 Å². The minimum atomic E-state index is 0.871. The number of aryl methyl sites for hydroxylation is 2. The van der Waals surface area contributed by atoms with E-state index in [0.29, 0.717) is 0 Å². The first-order chi connectivity index (χ1) is 12.8. The number of hydrogen-bond acceptors (Lipinski definition) is 2. The number of allylic oxidation sites excluding steroid dienone is 1. The SMILES string of the molecule is CCn1c2[n+](c3nc4ccccc4nc31)CCC(C)=C2c1ccccc1. The first-order valence-electron chi connectivity index (χ1n) is 9.22. The first-order valence-corrected chi connectivity index (χ1v) is 9.22. The van der Waals surface area contributed by atoms with E-state index in [0.717, 1.165) is 41.8 Å². The molecule has 2 aromatic carbocycles. The Labute approximate surface area is 152 Å². The van der Waals surface area contributed by atoms with Crippen LogP contribution >= 0.6 is 0 Å². The number of hydrogen-bond donors (Lipinski definition) is 0. The Morgan fingerprint density at radius 3 is 2.38 bits per heavy atom. The molecule has 0 fully saturated rings. The van der Waals surface area contributed by atoms with Crippen LogP contribution in [-0.4, -0.2) is 14.5 Å². The molecule has 0 bridgehead atoms. The lowest BCUT2D eigenvalue weighted by atomic mass is 9.95. The van der Waals surface area contributed by atoms with E-state index in [1.165, 1.54) is 22.5 Å². The van der Waals surface area contributed by atoms with Crippen molar-refractivity contribution in [2.75, 3.05) is 0 Å². The summed E-state index contributed by atoms with van der Waals surface area (Å²) >= 11 is 0. The van der Waals surface area contributed by atoms with Gasteiger partial charge in [-0.2, -0.15) is 0 Å². The molecule has 4 nitrogen and oxygen atoms in total. The van der Waals surface area contributed by atoms with Gasteiger partial charge >= 0.3 is 5.65 Å². The highest BCUT2D eigenvalue weighted by molar-refractivity contribution is 5.85. The highest BCUT2D eigenvalue weighted by Gasteiger charge is 2.32. The van der Waals surface area contributed by atoms with Crippen LogP contribution in [0.1, 0.15) is 31.7 Å². The van der Waals surface area contributed by atoms with E-state index in [1.54, 1.807) is 0 Å². The lowest BCUT2D eigenvalue weighted by Crippen LogP contribution is -2.41. The quantitative estimate of drug-likeness (QED) is 0.514. The van der Waals surface area contributed by atoms with Gasteiger partial charge < -0.3 is 0 Å². The van der Waals surface area contributed by atoms with Gasteiger partial charge in [-0.15, -0.1) is 0 Å². The van der Waals surface area contributed by atoms with Gasteiger partial charge in [0.1, 0.15) is 5.52 Å². The minimum absolute atomic E-state index is 0.871. The molecule has 3 heterocycles. The first kappa shape index (κ1) is 15.3. The van der Waals surface area contributed by atoms with Crippen LogP contribution in [0.15, 0.2) is 60.2 Å². The maximum Gasteiger partial charge on any atom is 0.323 e. The molecule has 0 radical (unpaired) electrons. The molecular formula is C22H21N4+. The summed E-state index contributed by atoms with van der Waals surface area (Å²) in [6.07, 6.45) is 1.04. The molecule has 5 rings (SSSR count). The maximum absolute atomic E-state index is 4.97. The van der Waals surface area contributed by atoms with Crippen LogP contribution in [0.4, 0.5) is 0 Å². The van der Waals surface area contributed by atoms with Crippen molar-refractivity contribution in [2.24, 2.45) is 0 Å². The van der Waals surface area contributed by atoms with Gasteiger partial charge in [-0.3, -0.25) is 0 Å². The van der Waals surface area contributed by atoms with Crippen molar-refractivity contribution in [3.05, 3.63) is 71.6 Å². The standard InChI is InChI=1S/C22H21N4/c1-3-25-20-21(24-18-12-8-7-11-17(18)23-20)26-14-13-15(2)19(22(25)26)16-9-5-4-6-10-16/h4-12H,3,13-14H2,1-2H3/q+1. The molecule has 128 valence electrons. The van der Waals surface area contributed by atoms with Gasteiger partial charge in [0.2, 0.25) is 5.82 Å². The molecule has 0 amide bonds. The second-order valence-corrected chi connectivity index (χ2v) is 6.85. The van der Waals surface area contributed by atoms with Crippen molar-refractivity contribution in [3.63, 3.8) is 0 Å². The third-order valence-corrected chi connectivity index (χ3v) is 5.30. The fourth-order valence-electron chi connectivity index (χ4n) is 4.05. The number of benzene rings is 2. The summed E-state index contributed by atoms with van der Waals surface area (Å²) < 4.78 is 4.67. The highest BCUT2D eigenvalue weighted by Crippen LogP contribution is 2.32. The molecule has 1 aliphatic heterocycles. The van der Waals surface area contributed by atoms with Crippen LogP contribution in [0.25, 0.3) is 27.9 Å². The fraction of sp³-hybridized carbons (Fsp3) is 0.227. The molecule has 0 aliphatic carbocycles. The summed E-state index contributed by atoms with van der Waals surface area (Å²) in [5, 5.41) is 0. The Morgan fingerprint density at radius 1 is 0.962 bits per heavy atom. The lowest BCUT2D eigenvalue weighted by molar-refractivity contribution is -0.677. The summed E-state index contributed by atoms with van der Waals surface area (Å²) in [7, 11) is 0. The number of nitrogens with zero attached hydrogens (tertiary/aromatic N) is 4. The van der Waals surface area contributed by atoms with Gasteiger partial charge in [0, 0.05) is 6.42 Å². The summed E-state index contributed by atoms with van der Waals surface area (Å²) in [6.45, 7) is 6.26. The zero-order valence-corrected chi connectivity index (χ0v) is 15.1. The van der Waals surface area contributed by atoms with Crippen LogP contribution in [0.3, 0.4) is 0 Å². The summed E-state index contributed by atoms with van der Waals surface area (Å²) in [4.78, 5) is 9.93. The van der Waals surface area contributed by atoms with Gasteiger partial charge in [0.15, 0.2) is 5.52 Å². The molecule has 0 unspecified atom stereocenters. The van der Waals surface area contributed by atoms with Crippen LogP contribution in [0, 0.1) is 0 Å². The van der Waals surface area contributed by atoms with E-state index in [1.807, 2.05) is 24.3 Å². The zero-order chi connectivity index (χ0) is 17.7. The average Bonchev–Trinajstić information content (AvgIpc) is 2.99. The molecule has 0 N–H and O–H groups in total. The molecule has 0 atom stereocenters. The molecule has 26 heavy (non-hydrogen) atoms. The predicted octanol–water partition coefficient (Wildman–Crippen LogP) is 4.12. The number of aromatic nitrogens is 4. The molecule has 1 aliphatic rings. The Kier molecular flexibility index (Phi) is 3.38. The van der Waals surface area contributed by atoms with Crippen molar-refractivity contribution in [1.82, 2.24) is 14.5 Å². The van der Waals surface area contributed by atoms with E-state index in [4.69, 9.17) is 9.97 Å². The Morgan fingerprint density at radius 2 is 1.65 bits per heavy atom. The van der Waals surface area contributed by atoms with Crippen LogP contribution in [0.2, 0.25) is 0 Å². The third-order valence-electron chi connectivity index (χ3n) is 5.30. The zero-order valence-electron chi connectivity index (χ0n) is 15.1. The second-order valence-electron chi connectivity index (χ2n) is 6.85. The van der Waals surface area contributed by atoms with Gasteiger partial charge in [0.25, 0.3) is 5.65 Å². The normalized spacial score (nSPS) is 14.2. The second kappa shape index (κ2) is 5.77. The molecular weight excluding hydrogens is 320 g/mol. The number of para-hydroxylation sites is 2.